The zero-order chi connectivity index (χ0) is 26.9. The largest absolute Gasteiger partial charge is 0.491 e. The van der Waals surface area contributed by atoms with Crippen LogP contribution in [-0.4, -0.2) is 48.9 Å². The normalized spacial score (nSPS) is 15.9. The molecule has 6 heteroatoms. The second kappa shape index (κ2) is 13.0. The van der Waals surface area contributed by atoms with Gasteiger partial charge in [-0.25, -0.2) is 0 Å². The number of methoxy groups -OCH3 is 1. The molecule has 1 aliphatic rings. The highest BCUT2D eigenvalue weighted by Gasteiger charge is 2.29. The molecular weight excluding hydrogens is 476 g/mol. The third kappa shape index (κ3) is 6.49. The number of nitriles is 1. The minimum absolute atomic E-state index is 0.415. The molecule has 1 saturated heterocycles. The Morgan fingerprint density at radius 1 is 1.08 bits per heavy atom. The van der Waals surface area contributed by atoms with Crippen LogP contribution in [0.3, 0.4) is 0 Å². The Balaban J connectivity index is 1.68. The molecule has 1 heterocycles. The third-order valence-electron chi connectivity index (χ3n) is 7.00. The lowest BCUT2D eigenvalue weighted by Gasteiger charge is -2.33. The number of benzene rings is 3. The molecule has 196 valence electrons. The van der Waals surface area contributed by atoms with E-state index in [4.69, 9.17) is 9.47 Å². The fraction of sp³-hybridized carbons (Fsp3) is 0.312. The number of hydrogen-bond donors (Lipinski definition) is 1. The third-order valence-corrected chi connectivity index (χ3v) is 7.00. The molecule has 0 bridgehead atoms. The Hall–Kier alpha value is -3.92. The van der Waals surface area contributed by atoms with E-state index in [0.29, 0.717) is 31.7 Å². The van der Waals surface area contributed by atoms with Gasteiger partial charge >= 0.3 is 5.97 Å². The number of nitrogens with zero attached hydrogens (tertiary/aromatic N) is 2. The first kappa shape index (κ1) is 27.1. The molecule has 0 radical (unpaired) electrons. The predicted molar refractivity (Wildman–Crippen MR) is 150 cm³/mol. The van der Waals surface area contributed by atoms with Crippen LogP contribution in [0.4, 0.5) is 0 Å². The molecule has 1 N–H and O–H groups in total. The van der Waals surface area contributed by atoms with E-state index in [1.807, 2.05) is 78.6 Å². The van der Waals surface area contributed by atoms with Crippen LogP contribution in [0, 0.1) is 18.3 Å². The highest BCUT2D eigenvalue weighted by molar-refractivity contribution is 5.81. The number of carboxylic acid groups (broad SMARTS) is 1. The summed E-state index contributed by atoms with van der Waals surface area (Å²) in [6, 6.07) is 21.8. The van der Waals surface area contributed by atoms with Gasteiger partial charge in [0.25, 0.3) is 0 Å². The summed E-state index contributed by atoms with van der Waals surface area (Å²) in [5, 5.41) is 19.7. The van der Waals surface area contributed by atoms with Crippen LogP contribution in [0.25, 0.3) is 23.3 Å². The Morgan fingerprint density at radius 3 is 2.61 bits per heavy atom. The van der Waals surface area contributed by atoms with Gasteiger partial charge in [0.1, 0.15) is 24.5 Å². The predicted octanol–water partition coefficient (Wildman–Crippen LogP) is 6.17. The van der Waals surface area contributed by atoms with Gasteiger partial charge < -0.3 is 14.6 Å². The van der Waals surface area contributed by atoms with Crippen molar-refractivity contribution in [3.8, 4) is 22.9 Å². The average Bonchev–Trinajstić information content (AvgIpc) is 2.94. The van der Waals surface area contributed by atoms with Crippen molar-refractivity contribution >= 4 is 18.1 Å². The molecule has 0 aromatic heterocycles. The fourth-order valence-electron chi connectivity index (χ4n) is 4.97. The maximum atomic E-state index is 11.9. The topological polar surface area (TPSA) is 82.8 Å². The summed E-state index contributed by atoms with van der Waals surface area (Å²) in [5.74, 6) is -0.0312. The van der Waals surface area contributed by atoms with E-state index < -0.39 is 12.0 Å². The van der Waals surface area contributed by atoms with E-state index >= 15 is 0 Å². The maximum absolute atomic E-state index is 11.9. The van der Waals surface area contributed by atoms with Gasteiger partial charge in [-0.3, -0.25) is 9.69 Å². The second-order valence-electron chi connectivity index (χ2n) is 9.56. The molecular formula is C32H34N2O4. The second-order valence-corrected chi connectivity index (χ2v) is 9.56. The first-order valence-corrected chi connectivity index (χ1v) is 13.0. The van der Waals surface area contributed by atoms with Crippen molar-refractivity contribution in [3.63, 3.8) is 0 Å². The number of carbonyl (C=O) groups is 1. The molecule has 3 aromatic rings. The van der Waals surface area contributed by atoms with Crippen LogP contribution >= 0.6 is 0 Å². The molecule has 3 aromatic carbocycles. The summed E-state index contributed by atoms with van der Waals surface area (Å²) in [7, 11) is 1.64. The zero-order valence-corrected chi connectivity index (χ0v) is 22.0. The molecule has 0 saturated carbocycles. The van der Waals surface area contributed by atoms with E-state index in [2.05, 4.69) is 12.1 Å². The molecule has 38 heavy (non-hydrogen) atoms. The first-order valence-electron chi connectivity index (χ1n) is 13.0. The molecule has 1 aliphatic heterocycles. The van der Waals surface area contributed by atoms with Gasteiger partial charge in [0, 0.05) is 24.8 Å². The number of aliphatic carboxylic acids is 1. The Morgan fingerprint density at radius 2 is 1.87 bits per heavy atom. The van der Waals surface area contributed by atoms with Crippen molar-refractivity contribution in [1.82, 2.24) is 4.90 Å². The highest BCUT2D eigenvalue weighted by Crippen LogP contribution is 2.30. The SMILES string of the molecule is COCCOc1cc(C)c(C=Cc2cccc(-c3ccccc3)c2C#N)cc1CN1CCCCC1C(=O)O. The summed E-state index contributed by atoms with van der Waals surface area (Å²) in [6.07, 6.45) is 6.56. The molecule has 1 atom stereocenters. The van der Waals surface area contributed by atoms with Crippen molar-refractivity contribution in [2.75, 3.05) is 26.9 Å². The van der Waals surface area contributed by atoms with E-state index in [-0.39, 0.29) is 0 Å². The molecule has 0 spiro atoms. The number of ether oxygens (including phenoxy) is 2. The van der Waals surface area contributed by atoms with Crippen LogP contribution in [0.2, 0.25) is 0 Å². The van der Waals surface area contributed by atoms with Gasteiger partial charge in [0.05, 0.1) is 12.2 Å². The van der Waals surface area contributed by atoms with Crippen molar-refractivity contribution in [2.45, 2.75) is 38.8 Å². The molecule has 0 amide bonds. The van der Waals surface area contributed by atoms with Crippen molar-refractivity contribution in [2.24, 2.45) is 0 Å². The van der Waals surface area contributed by atoms with Crippen molar-refractivity contribution < 1.29 is 19.4 Å². The summed E-state index contributed by atoms with van der Waals surface area (Å²) in [5.41, 5.74) is 6.35. The van der Waals surface area contributed by atoms with Crippen molar-refractivity contribution in [1.29, 1.82) is 5.26 Å². The van der Waals surface area contributed by atoms with Gasteiger partial charge in [-0.2, -0.15) is 5.26 Å². The van der Waals surface area contributed by atoms with Gasteiger partial charge in [-0.1, -0.05) is 67.1 Å². The molecule has 1 unspecified atom stereocenters. The molecule has 0 aliphatic carbocycles. The summed E-state index contributed by atoms with van der Waals surface area (Å²) >= 11 is 0. The Bertz CT molecular complexity index is 1330. The quantitative estimate of drug-likeness (QED) is 0.259. The van der Waals surface area contributed by atoms with Gasteiger partial charge in [0.15, 0.2) is 0 Å². The minimum Gasteiger partial charge on any atom is -0.491 e. The van der Waals surface area contributed by atoms with Crippen LogP contribution in [0.5, 0.6) is 5.75 Å². The number of carboxylic acids is 1. The lowest BCUT2D eigenvalue weighted by molar-refractivity contribution is -0.144. The van der Waals surface area contributed by atoms with E-state index in [9.17, 15) is 15.2 Å². The van der Waals surface area contributed by atoms with E-state index in [1.165, 1.54) is 0 Å². The number of aryl methyl sites for hydroxylation is 1. The van der Waals surface area contributed by atoms with Crippen LogP contribution < -0.4 is 4.74 Å². The van der Waals surface area contributed by atoms with Crippen LogP contribution in [0.15, 0.2) is 60.7 Å². The van der Waals surface area contributed by atoms with E-state index in [1.54, 1.807) is 7.11 Å². The van der Waals surface area contributed by atoms with Crippen molar-refractivity contribution in [3.05, 3.63) is 88.5 Å². The van der Waals surface area contributed by atoms with Crippen LogP contribution in [0.1, 0.15) is 47.1 Å². The van der Waals surface area contributed by atoms with Gasteiger partial charge in [-0.05, 0) is 60.7 Å². The number of likely N-dealkylation sites (tertiary alicyclic amines) is 1. The standard InChI is InChI=1S/C32H34N2O4/c1-23-19-31(38-18-17-37-2)27(22-34-16-7-6-13-30(34)32(35)36)20-26(23)15-14-25-11-8-12-28(29(25)21-33)24-9-4-3-5-10-24/h3-5,8-12,14-15,19-20,30H,6-7,13,16-18,22H2,1-2H3,(H,35,36). The minimum atomic E-state index is -0.777. The van der Waals surface area contributed by atoms with Crippen LogP contribution in [-0.2, 0) is 16.1 Å². The zero-order valence-electron chi connectivity index (χ0n) is 22.0. The molecule has 6 nitrogen and oxygen atoms in total. The molecule has 4 rings (SSSR count). The summed E-state index contributed by atoms with van der Waals surface area (Å²) in [4.78, 5) is 13.9. The van der Waals surface area contributed by atoms with Gasteiger partial charge in [0.2, 0.25) is 0 Å². The number of piperidine rings is 1. The van der Waals surface area contributed by atoms with E-state index in [0.717, 1.165) is 58.5 Å². The Kier molecular flexibility index (Phi) is 9.31. The lowest BCUT2D eigenvalue weighted by atomic mass is 9.95. The van der Waals surface area contributed by atoms with Gasteiger partial charge in [-0.15, -0.1) is 0 Å². The lowest BCUT2D eigenvalue weighted by Crippen LogP contribution is -2.44. The molecule has 1 fully saturated rings. The average molecular weight is 511 g/mol. The summed E-state index contributed by atoms with van der Waals surface area (Å²) in [6.45, 7) is 4.15. The number of rotatable bonds is 10. The Labute approximate surface area is 224 Å². The number of hydrogen-bond acceptors (Lipinski definition) is 5. The first-order chi connectivity index (χ1) is 18.5. The summed E-state index contributed by atoms with van der Waals surface area (Å²) < 4.78 is 11.2. The monoisotopic (exact) mass is 510 g/mol. The maximum Gasteiger partial charge on any atom is 0.320 e. The fourth-order valence-corrected chi connectivity index (χ4v) is 4.97. The highest BCUT2D eigenvalue weighted by atomic mass is 16.5. The smallest absolute Gasteiger partial charge is 0.320 e.